The van der Waals surface area contributed by atoms with Gasteiger partial charge in [-0.2, -0.15) is 0 Å². The van der Waals surface area contributed by atoms with Gasteiger partial charge in [-0.1, -0.05) is 25.7 Å². The van der Waals surface area contributed by atoms with Crippen LogP contribution in [0.1, 0.15) is 53.5 Å². The van der Waals surface area contributed by atoms with Gasteiger partial charge < -0.3 is 5.32 Å². The van der Waals surface area contributed by atoms with Gasteiger partial charge >= 0.3 is 0 Å². The van der Waals surface area contributed by atoms with Gasteiger partial charge in [0.2, 0.25) is 0 Å². The molecule has 1 heterocycles. The SMILES string of the molecule is CNC(CC1CCCC1)c1sc(C)cc1C. The molecule has 0 amide bonds. The van der Waals surface area contributed by atoms with E-state index < -0.39 is 0 Å². The topological polar surface area (TPSA) is 12.0 Å². The Bertz CT molecular complexity index is 337. The van der Waals surface area contributed by atoms with Crippen LogP contribution >= 0.6 is 11.3 Å². The lowest BCUT2D eigenvalue weighted by molar-refractivity contribution is 0.416. The number of aryl methyl sites for hydroxylation is 2. The molecule has 0 spiro atoms. The standard InChI is InChI=1S/C14H23NS/c1-10-8-11(2)16-14(10)13(15-3)9-12-6-4-5-7-12/h8,12-13,15H,4-7,9H2,1-3H3. The molecule has 1 aromatic heterocycles. The zero-order chi connectivity index (χ0) is 11.5. The quantitative estimate of drug-likeness (QED) is 0.827. The first-order chi connectivity index (χ1) is 7.70. The van der Waals surface area contributed by atoms with Gasteiger partial charge in [-0.25, -0.2) is 0 Å². The second-order valence-corrected chi connectivity index (χ2v) is 6.42. The molecule has 2 rings (SSSR count). The summed E-state index contributed by atoms with van der Waals surface area (Å²) in [6.45, 7) is 4.46. The molecule has 0 saturated heterocycles. The zero-order valence-corrected chi connectivity index (χ0v) is 11.5. The summed E-state index contributed by atoms with van der Waals surface area (Å²) in [5, 5.41) is 3.51. The van der Waals surface area contributed by atoms with Crippen LogP contribution in [-0.2, 0) is 0 Å². The molecule has 1 aromatic rings. The van der Waals surface area contributed by atoms with E-state index in [1.54, 1.807) is 4.88 Å². The van der Waals surface area contributed by atoms with E-state index in [0.29, 0.717) is 6.04 Å². The highest BCUT2D eigenvalue weighted by Crippen LogP contribution is 2.36. The average Bonchev–Trinajstić information content (AvgIpc) is 2.85. The van der Waals surface area contributed by atoms with E-state index in [1.165, 1.54) is 42.5 Å². The highest BCUT2D eigenvalue weighted by molar-refractivity contribution is 7.12. The molecule has 1 aliphatic rings. The second kappa shape index (κ2) is 5.33. The Balaban J connectivity index is 2.06. The molecule has 1 aliphatic carbocycles. The van der Waals surface area contributed by atoms with Gasteiger partial charge in [-0.05, 0) is 44.9 Å². The molecule has 16 heavy (non-hydrogen) atoms. The normalized spacial score (nSPS) is 19.2. The minimum atomic E-state index is 0.585. The van der Waals surface area contributed by atoms with Crippen molar-refractivity contribution in [1.82, 2.24) is 5.32 Å². The number of hydrogen-bond acceptors (Lipinski definition) is 2. The van der Waals surface area contributed by atoms with Crippen LogP contribution in [0.2, 0.25) is 0 Å². The summed E-state index contributed by atoms with van der Waals surface area (Å²) in [5.74, 6) is 0.958. The maximum absolute atomic E-state index is 3.51. The number of nitrogens with one attached hydrogen (secondary N) is 1. The van der Waals surface area contributed by atoms with Crippen LogP contribution in [0, 0.1) is 19.8 Å². The summed E-state index contributed by atoms with van der Waals surface area (Å²) in [5.41, 5.74) is 1.47. The predicted octanol–water partition coefficient (Wildman–Crippen LogP) is 4.21. The minimum absolute atomic E-state index is 0.585. The second-order valence-electron chi connectivity index (χ2n) is 5.13. The smallest absolute Gasteiger partial charge is 0.0417 e. The van der Waals surface area contributed by atoms with Crippen molar-refractivity contribution >= 4 is 11.3 Å². The fourth-order valence-corrected chi connectivity index (χ4v) is 4.10. The highest BCUT2D eigenvalue weighted by Gasteiger charge is 2.22. The van der Waals surface area contributed by atoms with Crippen molar-refractivity contribution in [3.05, 3.63) is 21.4 Å². The lowest BCUT2D eigenvalue weighted by Gasteiger charge is -2.19. The van der Waals surface area contributed by atoms with Gasteiger partial charge in [0, 0.05) is 15.8 Å². The van der Waals surface area contributed by atoms with E-state index in [9.17, 15) is 0 Å². The predicted molar refractivity (Wildman–Crippen MR) is 72.2 cm³/mol. The molecule has 2 heteroatoms. The first kappa shape index (κ1) is 12.1. The molecule has 0 bridgehead atoms. The molecular formula is C14H23NS. The molecule has 90 valence electrons. The van der Waals surface area contributed by atoms with Crippen LogP contribution in [0.4, 0.5) is 0 Å². The van der Waals surface area contributed by atoms with Gasteiger partial charge in [0.25, 0.3) is 0 Å². The number of thiophene rings is 1. The Morgan fingerprint density at radius 2 is 2.06 bits per heavy atom. The lowest BCUT2D eigenvalue weighted by Crippen LogP contribution is -2.18. The van der Waals surface area contributed by atoms with Gasteiger partial charge in [-0.15, -0.1) is 11.3 Å². The monoisotopic (exact) mass is 237 g/mol. The van der Waals surface area contributed by atoms with Crippen LogP contribution in [0.15, 0.2) is 6.07 Å². The molecule has 1 saturated carbocycles. The minimum Gasteiger partial charge on any atom is -0.312 e. The van der Waals surface area contributed by atoms with Crippen LogP contribution in [0.5, 0.6) is 0 Å². The largest absolute Gasteiger partial charge is 0.312 e. The molecule has 1 fully saturated rings. The van der Waals surface area contributed by atoms with E-state index >= 15 is 0 Å². The average molecular weight is 237 g/mol. The van der Waals surface area contributed by atoms with Crippen LogP contribution in [-0.4, -0.2) is 7.05 Å². The van der Waals surface area contributed by atoms with E-state index in [4.69, 9.17) is 0 Å². The molecule has 1 N–H and O–H groups in total. The van der Waals surface area contributed by atoms with Crippen molar-refractivity contribution in [3.8, 4) is 0 Å². The summed E-state index contributed by atoms with van der Waals surface area (Å²) in [6.07, 6.45) is 7.12. The summed E-state index contributed by atoms with van der Waals surface area (Å²) in [4.78, 5) is 3.01. The van der Waals surface area contributed by atoms with Gasteiger partial charge in [0.05, 0.1) is 0 Å². The third kappa shape index (κ3) is 2.67. The van der Waals surface area contributed by atoms with Gasteiger partial charge in [0.15, 0.2) is 0 Å². The van der Waals surface area contributed by atoms with Crippen molar-refractivity contribution in [3.63, 3.8) is 0 Å². The van der Waals surface area contributed by atoms with Crippen molar-refractivity contribution in [1.29, 1.82) is 0 Å². The Kier molecular flexibility index (Phi) is 4.04. The third-order valence-corrected chi connectivity index (χ3v) is 5.05. The van der Waals surface area contributed by atoms with Gasteiger partial charge in [-0.3, -0.25) is 0 Å². The zero-order valence-electron chi connectivity index (χ0n) is 10.7. The molecule has 1 atom stereocenters. The van der Waals surface area contributed by atoms with Crippen molar-refractivity contribution in [2.24, 2.45) is 5.92 Å². The first-order valence-corrected chi connectivity index (χ1v) is 7.26. The first-order valence-electron chi connectivity index (χ1n) is 6.45. The summed E-state index contributed by atoms with van der Waals surface area (Å²) < 4.78 is 0. The molecule has 0 aliphatic heterocycles. The fourth-order valence-electron chi connectivity index (χ4n) is 2.94. The fraction of sp³-hybridized carbons (Fsp3) is 0.714. The van der Waals surface area contributed by atoms with Crippen molar-refractivity contribution < 1.29 is 0 Å². The molecule has 0 aromatic carbocycles. The summed E-state index contributed by atoms with van der Waals surface area (Å²) in [6, 6.07) is 2.90. The Hall–Kier alpha value is -0.340. The number of hydrogen-bond donors (Lipinski definition) is 1. The third-order valence-electron chi connectivity index (χ3n) is 3.79. The molecule has 0 radical (unpaired) electrons. The molecule has 1 unspecified atom stereocenters. The van der Waals surface area contributed by atoms with E-state index in [1.807, 2.05) is 11.3 Å². The van der Waals surface area contributed by atoms with Crippen molar-refractivity contribution in [2.75, 3.05) is 7.05 Å². The van der Waals surface area contributed by atoms with E-state index in [0.717, 1.165) is 5.92 Å². The Morgan fingerprint density at radius 1 is 1.38 bits per heavy atom. The number of rotatable bonds is 4. The molecular weight excluding hydrogens is 214 g/mol. The summed E-state index contributed by atoms with van der Waals surface area (Å²) in [7, 11) is 2.11. The van der Waals surface area contributed by atoms with Crippen LogP contribution < -0.4 is 5.32 Å². The van der Waals surface area contributed by atoms with Crippen LogP contribution in [0.3, 0.4) is 0 Å². The Labute approximate surface area is 103 Å². The lowest BCUT2D eigenvalue weighted by atomic mass is 9.96. The van der Waals surface area contributed by atoms with Crippen molar-refractivity contribution in [2.45, 2.75) is 52.0 Å². The van der Waals surface area contributed by atoms with E-state index in [-0.39, 0.29) is 0 Å². The highest BCUT2D eigenvalue weighted by atomic mass is 32.1. The Morgan fingerprint density at radius 3 is 2.56 bits per heavy atom. The maximum atomic E-state index is 3.51. The van der Waals surface area contributed by atoms with E-state index in [2.05, 4.69) is 32.3 Å². The summed E-state index contributed by atoms with van der Waals surface area (Å²) >= 11 is 1.97. The maximum Gasteiger partial charge on any atom is 0.0417 e. The van der Waals surface area contributed by atoms with Gasteiger partial charge in [0.1, 0.15) is 0 Å². The molecule has 1 nitrogen and oxygen atoms in total. The van der Waals surface area contributed by atoms with Crippen LogP contribution in [0.25, 0.3) is 0 Å².